The Morgan fingerprint density at radius 2 is 1.89 bits per heavy atom. The first-order chi connectivity index (χ1) is 13.6. The van der Waals surface area contributed by atoms with E-state index in [1.54, 1.807) is 14.2 Å². The van der Waals surface area contributed by atoms with Crippen LogP contribution in [-0.4, -0.2) is 59.9 Å². The zero-order chi connectivity index (χ0) is 19.7. The molecule has 0 spiro atoms. The maximum absolute atomic E-state index is 12.1. The monoisotopic (exact) mass is 401 g/mol. The number of anilines is 1. The fraction of sp³-hybridized carbons (Fsp3) is 0.421. The summed E-state index contributed by atoms with van der Waals surface area (Å²) in [6.07, 6.45) is 0. The molecule has 0 bridgehead atoms. The van der Waals surface area contributed by atoms with Gasteiger partial charge < -0.3 is 14.4 Å². The first kappa shape index (κ1) is 18.7. The van der Waals surface area contributed by atoms with E-state index in [1.807, 2.05) is 25.1 Å². The van der Waals surface area contributed by atoms with Crippen molar-refractivity contribution in [1.82, 2.24) is 19.5 Å². The third-order valence-electron chi connectivity index (χ3n) is 4.89. The first-order valence-corrected chi connectivity index (χ1v) is 9.95. The molecule has 0 radical (unpaired) electrons. The zero-order valence-electron chi connectivity index (χ0n) is 16.2. The van der Waals surface area contributed by atoms with Gasteiger partial charge in [0, 0.05) is 50.0 Å². The van der Waals surface area contributed by atoms with Crippen molar-refractivity contribution >= 4 is 21.4 Å². The van der Waals surface area contributed by atoms with Crippen LogP contribution >= 0.6 is 11.3 Å². The molecule has 2 aromatic heterocycles. The number of aromatic nitrogens is 3. The third kappa shape index (κ3) is 3.67. The quantitative estimate of drug-likeness (QED) is 0.645. The summed E-state index contributed by atoms with van der Waals surface area (Å²) in [5, 5.41) is 5.31. The predicted molar refractivity (Wildman–Crippen MR) is 109 cm³/mol. The Balaban J connectivity index is 1.45. The van der Waals surface area contributed by atoms with Crippen LogP contribution in [0.2, 0.25) is 0 Å². The van der Waals surface area contributed by atoms with Crippen LogP contribution in [-0.2, 0) is 6.54 Å². The molecule has 148 valence electrons. The lowest BCUT2D eigenvalue weighted by molar-refractivity contribution is 0.245. The number of hydrogen-bond acceptors (Lipinski definition) is 8. The number of ether oxygens (including phenoxy) is 2. The number of hydrogen-bond donors (Lipinski definition) is 0. The molecule has 0 atom stereocenters. The van der Waals surface area contributed by atoms with E-state index in [4.69, 9.17) is 9.47 Å². The molecule has 0 unspecified atom stereocenters. The van der Waals surface area contributed by atoms with E-state index in [1.165, 1.54) is 21.9 Å². The number of aryl methyl sites for hydroxylation is 1. The van der Waals surface area contributed by atoms with Crippen molar-refractivity contribution in [2.75, 3.05) is 45.3 Å². The molecule has 0 saturated carbocycles. The van der Waals surface area contributed by atoms with Crippen LogP contribution in [0, 0.1) is 6.92 Å². The van der Waals surface area contributed by atoms with Crippen LogP contribution in [0.25, 0.3) is 4.96 Å². The molecule has 1 aliphatic heterocycles. The smallest absolute Gasteiger partial charge is 0.275 e. The van der Waals surface area contributed by atoms with E-state index in [2.05, 4.69) is 19.9 Å². The maximum atomic E-state index is 12.1. The highest BCUT2D eigenvalue weighted by Crippen LogP contribution is 2.27. The molecule has 9 heteroatoms. The predicted octanol–water partition coefficient (Wildman–Crippen LogP) is 1.80. The fourth-order valence-corrected chi connectivity index (χ4v) is 4.39. The van der Waals surface area contributed by atoms with Crippen molar-refractivity contribution in [3.8, 4) is 11.5 Å². The van der Waals surface area contributed by atoms with Gasteiger partial charge in [-0.2, -0.15) is 4.52 Å². The standard InChI is InChI=1S/C19H23N5O3S/c1-13-10-17(25)24-18(20-13)28-19(21-24)23-8-6-22(7-9-23)12-14-11-15(26-2)4-5-16(14)27-3/h4-5,10-11H,6-9,12H2,1-3H3. The lowest BCUT2D eigenvalue weighted by Crippen LogP contribution is -2.46. The van der Waals surface area contributed by atoms with Crippen LogP contribution in [0.5, 0.6) is 11.5 Å². The number of benzene rings is 1. The molecule has 3 aromatic rings. The number of rotatable bonds is 5. The van der Waals surface area contributed by atoms with Crippen LogP contribution in [0.4, 0.5) is 5.13 Å². The van der Waals surface area contributed by atoms with Crippen LogP contribution in [0.15, 0.2) is 29.1 Å². The highest BCUT2D eigenvalue weighted by Gasteiger charge is 2.22. The molecule has 4 rings (SSSR count). The minimum atomic E-state index is -0.131. The molecule has 1 saturated heterocycles. The Hall–Kier alpha value is -2.65. The van der Waals surface area contributed by atoms with E-state index in [-0.39, 0.29) is 5.56 Å². The van der Waals surface area contributed by atoms with Crippen molar-refractivity contribution < 1.29 is 9.47 Å². The van der Waals surface area contributed by atoms with Crippen molar-refractivity contribution in [2.24, 2.45) is 0 Å². The van der Waals surface area contributed by atoms with Gasteiger partial charge in [-0.15, -0.1) is 5.10 Å². The van der Waals surface area contributed by atoms with Crippen molar-refractivity contribution in [3.05, 3.63) is 45.9 Å². The molecule has 0 aliphatic carbocycles. The van der Waals surface area contributed by atoms with E-state index in [9.17, 15) is 4.79 Å². The van der Waals surface area contributed by atoms with Crippen molar-refractivity contribution in [2.45, 2.75) is 13.5 Å². The van der Waals surface area contributed by atoms with Gasteiger partial charge in [-0.3, -0.25) is 9.69 Å². The van der Waals surface area contributed by atoms with Crippen molar-refractivity contribution in [1.29, 1.82) is 0 Å². The summed E-state index contributed by atoms with van der Waals surface area (Å²) in [7, 11) is 3.36. The Labute approximate surface area is 166 Å². The topological polar surface area (TPSA) is 72.2 Å². The highest BCUT2D eigenvalue weighted by molar-refractivity contribution is 7.20. The molecular formula is C19H23N5O3S. The van der Waals surface area contributed by atoms with Crippen LogP contribution in [0.3, 0.4) is 0 Å². The first-order valence-electron chi connectivity index (χ1n) is 9.13. The summed E-state index contributed by atoms with van der Waals surface area (Å²) >= 11 is 1.46. The molecule has 8 nitrogen and oxygen atoms in total. The molecule has 0 N–H and O–H groups in total. The maximum Gasteiger partial charge on any atom is 0.275 e. The molecule has 1 aromatic carbocycles. The number of methoxy groups -OCH3 is 2. The number of nitrogens with zero attached hydrogens (tertiary/aromatic N) is 5. The van der Waals surface area contributed by atoms with Gasteiger partial charge in [0.25, 0.3) is 5.56 Å². The second-order valence-corrected chi connectivity index (χ2v) is 7.69. The van der Waals surface area contributed by atoms with Crippen LogP contribution in [0.1, 0.15) is 11.3 Å². The normalized spacial score (nSPS) is 15.2. The second kappa shape index (κ2) is 7.76. The van der Waals surface area contributed by atoms with Gasteiger partial charge >= 0.3 is 0 Å². The average molecular weight is 401 g/mol. The Morgan fingerprint density at radius 3 is 2.61 bits per heavy atom. The second-order valence-electron chi connectivity index (χ2n) is 6.76. The summed E-state index contributed by atoms with van der Waals surface area (Å²) in [5.41, 5.74) is 1.70. The van der Waals surface area contributed by atoms with Gasteiger partial charge in [-0.1, -0.05) is 11.3 Å². The average Bonchev–Trinajstić information content (AvgIpc) is 3.13. The summed E-state index contributed by atoms with van der Waals surface area (Å²) in [5.74, 6) is 1.70. The van der Waals surface area contributed by atoms with Crippen molar-refractivity contribution in [3.63, 3.8) is 0 Å². The molecular weight excluding hydrogens is 378 g/mol. The summed E-state index contributed by atoms with van der Waals surface area (Å²) in [6, 6.07) is 7.39. The summed E-state index contributed by atoms with van der Waals surface area (Å²) in [4.78, 5) is 21.7. The van der Waals surface area contributed by atoms with Gasteiger partial charge in [0.2, 0.25) is 10.1 Å². The van der Waals surface area contributed by atoms with Gasteiger partial charge in [0.05, 0.1) is 14.2 Å². The minimum absolute atomic E-state index is 0.131. The fourth-order valence-electron chi connectivity index (χ4n) is 3.38. The molecule has 28 heavy (non-hydrogen) atoms. The lowest BCUT2D eigenvalue weighted by Gasteiger charge is -2.34. The van der Waals surface area contributed by atoms with Gasteiger partial charge in [-0.25, -0.2) is 4.98 Å². The largest absolute Gasteiger partial charge is 0.497 e. The van der Waals surface area contributed by atoms with E-state index >= 15 is 0 Å². The van der Waals surface area contributed by atoms with Crippen LogP contribution < -0.4 is 19.9 Å². The Morgan fingerprint density at radius 1 is 1.11 bits per heavy atom. The lowest BCUT2D eigenvalue weighted by atomic mass is 10.1. The van der Waals surface area contributed by atoms with Gasteiger partial charge in [0.1, 0.15) is 11.5 Å². The summed E-state index contributed by atoms with van der Waals surface area (Å²) < 4.78 is 12.2. The summed E-state index contributed by atoms with van der Waals surface area (Å²) in [6.45, 7) is 6.12. The third-order valence-corrected chi connectivity index (χ3v) is 5.86. The Kier molecular flexibility index (Phi) is 5.19. The van der Waals surface area contributed by atoms with Gasteiger partial charge in [0.15, 0.2) is 0 Å². The van der Waals surface area contributed by atoms with E-state index in [0.717, 1.165) is 60.6 Å². The molecule has 1 fully saturated rings. The Bertz CT molecular complexity index is 1040. The molecule has 0 amide bonds. The highest BCUT2D eigenvalue weighted by atomic mass is 32.1. The number of fused-ring (bicyclic) bond motifs is 1. The van der Waals surface area contributed by atoms with E-state index < -0.39 is 0 Å². The number of piperazine rings is 1. The SMILES string of the molecule is COc1ccc(OC)c(CN2CCN(c3nn4c(=O)cc(C)nc4s3)CC2)c1. The minimum Gasteiger partial charge on any atom is -0.497 e. The molecule has 1 aliphatic rings. The zero-order valence-corrected chi connectivity index (χ0v) is 17.0. The molecule has 3 heterocycles. The van der Waals surface area contributed by atoms with Gasteiger partial charge in [-0.05, 0) is 25.1 Å². The van der Waals surface area contributed by atoms with E-state index in [0.29, 0.717) is 4.96 Å².